The van der Waals surface area contributed by atoms with Crippen LogP contribution in [-0.4, -0.2) is 37.4 Å². The zero-order valence-corrected chi connectivity index (χ0v) is 13.8. The highest BCUT2D eigenvalue weighted by Crippen LogP contribution is 2.23. The molecule has 6 heteroatoms. The number of carbonyl (C=O) groups is 3. The summed E-state index contributed by atoms with van der Waals surface area (Å²) < 4.78 is 10.2. The van der Waals surface area contributed by atoms with Crippen molar-refractivity contribution >= 4 is 18.2 Å². The normalized spacial score (nSPS) is 20.0. The number of esters is 1. The second-order valence-electron chi connectivity index (χ2n) is 6.04. The average molecular weight is 333 g/mol. The van der Waals surface area contributed by atoms with Crippen molar-refractivity contribution in [2.24, 2.45) is 5.92 Å². The fourth-order valence-electron chi connectivity index (χ4n) is 2.81. The number of benzene rings is 1. The molecule has 2 rings (SSSR count). The summed E-state index contributed by atoms with van der Waals surface area (Å²) >= 11 is 0. The smallest absolute Gasteiger partial charge is 0.344 e. The summed E-state index contributed by atoms with van der Waals surface area (Å²) in [5, 5.41) is 2.91. The molecule has 1 saturated carbocycles. The minimum atomic E-state index is -0.650. The molecule has 0 unspecified atom stereocenters. The van der Waals surface area contributed by atoms with Gasteiger partial charge in [0.2, 0.25) is 0 Å². The van der Waals surface area contributed by atoms with Crippen LogP contribution in [0.2, 0.25) is 0 Å². The minimum Gasteiger partial charge on any atom is -0.481 e. The van der Waals surface area contributed by atoms with Crippen molar-refractivity contribution in [3.05, 3.63) is 29.8 Å². The number of nitrogens with one attached hydrogen (secondary N) is 1. The molecule has 0 radical (unpaired) electrons. The summed E-state index contributed by atoms with van der Waals surface area (Å²) in [6.45, 7) is 1.45. The highest BCUT2D eigenvalue weighted by Gasteiger charge is 2.23. The van der Waals surface area contributed by atoms with Gasteiger partial charge in [0.25, 0.3) is 5.91 Å². The Balaban J connectivity index is 1.70. The maximum atomic E-state index is 11.9. The van der Waals surface area contributed by atoms with Gasteiger partial charge in [0.05, 0.1) is 5.56 Å². The average Bonchev–Trinajstić information content (AvgIpc) is 2.60. The summed E-state index contributed by atoms with van der Waals surface area (Å²) in [4.78, 5) is 34.4. The molecule has 0 aromatic heterocycles. The molecule has 2 atom stereocenters. The highest BCUT2D eigenvalue weighted by atomic mass is 16.6. The van der Waals surface area contributed by atoms with Gasteiger partial charge >= 0.3 is 5.97 Å². The van der Waals surface area contributed by atoms with Crippen LogP contribution in [0.25, 0.3) is 0 Å². The molecule has 24 heavy (non-hydrogen) atoms. The van der Waals surface area contributed by atoms with Gasteiger partial charge in [0.1, 0.15) is 5.75 Å². The molecule has 0 saturated heterocycles. The van der Waals surface area contributed by atoms with Crippen molar-refractivity contribution in [1.82, 2.24) is 5.32 Å². The molecule has 0 bridgehead atoms. The van der Waals surface area contributed by atoms with Gasteiger partial charge in [-0.2, -0.15) is 0 Å². The van der Waals surface area contributed by atoms with Crippen LogP contribution >= 0.6 is 0 Å². The number of hydrogen-bond donors (Lipinski definition) is 1. The molecular weight excluding hydrogens is 310 g/mol. The Morgan fingerprint density at radius 3 is 2.71 bits per heavy atom. The first-order chi connectivity index (χ1) is 11.6. The largest absolute Gasteiger partial charge is 0.481 e. The second-order valence-corrected chi connectivity index (χ2v) is 6.04. The van der Waals surface area contributed by atoms with E-state index in [1.807, 2.05) is 0 Å². The molecule has 0 spiro atoms. The number of aldehydes is 1. The molecule has 6 nitrogen and oxygen atoms in total. The van der Waals surface area contributed by atoms with E-state index in [4.69, 9.17) is 9.47 Å². The number of hydrogen-bond acceptors (Lipinski definition) is 5. The van der Waals surface area contributed by atoms with Crippen LogP contribution in [0.15, 0.2) is 24.3 Å². The van der Waals surface area contributed by atoms with Crippen molar-refractivity contribution in [2.45, 2.75) is 38.6 Å². The van der Waals surface area contributed by atoms with E-state index in [9.17, 15) is 14.4 Å². The van der Waals surface area contributed by atoms with Gasteiger partial charge in [0.15, 0.2) is 19.5 Å². The zero-order valence-electron chi connectivity index (χ0n) is 13.8. The van der Waals surface area contributed by atoms with Crippen LogP contribution in [0.1, 0.15) is 43.0 Å². The van der Waals surface area contributed by atoms with Gasteiger partial charge in [-0.1, -0.05) is 31.9 Å². The van der Waals surface area contributed by atoms with Gasteiger partial charge in [-0.15, -0.1) is 0 Å². The SMILES string of the molecule is C[C@H]1CCCC[C@@H]1NC(=O)COC(=O)COc1ccccc1C=O. The summed E-state index contributed by atoms with van der Waals surface area (Å²) in [5.41, 5.74) is 0.356. The number of para-hydroxylation sites is 1. The molecule has 1 aliphatic carbocycles. The van der Waals surface area contributed by atoms with E-state index in [1.165, 1.54) is 6.42 Å². The highest BCUT2D eigenvalue weighted by molar-refractivity contribution is 5.82. The number of carbonyl (C=O) groups excluding carboxylic acids is 3. The van der Waals surface area contributed by atoms with Crippen molar-refractivity contribution < 1.29 is 23.9 Å². The van der Waals surface area contributed by atoms with E-state index in [0.29, 0.717) is 23.5 Å². The first kappa shape index (κ1) is 18.0. The van der Waals surface area contributed by atoms with Crippen molar-refractivity contribution in [1.29, 1.82) is 0 Å². The fraction of sp³-hybridized carbons (Fsp3) is 0.500. The third-order valence-electron chi connectivity index (χ3n) is 4.21. The fourth-order valence-corrected chi connectivity index (χ4v) is 2.81. The lowest BCUT2D eigenvalue weighted by Gasteiger charge is -2.29. The molecular formula is C18H23NO5. The maximum absolute atomic E-state index is 11.9. The topological polar surface area (TPSA) is 81.7 Å². The number of rotatable bonds is 7. The molecule has 1 fully saturated rings. The van der Waals surface area contributed by atoms with Crippen molar-refractivity contribution in [3.8, 4) is 5.75 Å². The maximum Gasteiger partial charge on any atom is 0.344 e. The summed E-state index contributed by atoms with van der Waals surface area (Å²) in [5.74, 6) is -0.190. The molecule has 1 N–H and O–H groups in total. The van der Waals surface area contributed by atoms with Gasteiger partial charge in [0, 0.05) is 6.04 Å². The Bertz CT molecular complexity index is 587. The third kappa shape index (κ3) is 5.37. The van der Waals surface area contributed by atoms with E-state index in [-0.39, 0.29) is 25.2 Å². The molecule has 1 aliphatic rings. The minimum absolute atomic E-state index is 0.153. The lowest BCUT2D eigenvalue weighted by Crippen LogP contribution is -2.43. The second kappa shape index (κ2) is 9.05. The van der Waals surface area contributed by atoms with Gasteiger partial charge < -0.3 is 14.8 Å². The summed E-state index contributed by atoms with van der Waals surface area (Å²) in [6.07, 6.45) is 5.03. The lowest BCUT2D eigenvalue weighted by atomic mass is 9.86. The Morgan fingerprint density at radius 1 is 1.21 bits per heavy atom. The first-order valence-corrected chi connectivity index (χ1v) is 8.22. The molecule has 130 valence electrons. The van der Waals surface area contributed by atoms with Crippen LogP contribution in [0.3, 0.4) is 0 Å². The molecule has 0 heterocycles. The van der Waals surface area contributed by atoms with E-state index in [2.05, 4.69) is 12.2 Å². The molecule has 0 aliphatic heterocycles. The Hall–Kier alpha value is -2.37. The summed E-state index contributed by atoms with van der Waals surface area (Å²) in [7, 11) is 0. The number of ether oxygens (including phenoxy) is 2. The van der Waals surface area contributed by atoms with Crippen molar-refractivity contribution in [2.75, 3.05) is 13.2 Å². The van der Waals surface area contributed by atoms with Crippen LogP contribution in [0, 0.1) is 5.92 Å². The molecule has 1 amide bonds. The van der Waals surface area contributed by atoms with E-state index in [1.54, 1.807) is 24.3 Å². The number of amides is 1. The van der Waals surface area contributed by atoms with Crippen molar-refractivity contribution in [3.63, 3.8) is 0 Å². The van der Waals surface area contributed by atoms with E-state index >= 15 is 0 Å². The zero-order chi connectivity index (χ0) is 17.4. The van der Waals surface area contributed by atoms with Gasteiger partial charge in [-0.25, -0.2) is 4.79 Å². The van der Waals surface area contributed by atoms with Crippen LogP contribution in [-0.2, 0) is 14.3 Å². The predicted molar refractivity (Wildman–Crippen MR) is 87.8 cm³/mol. The third-order valence-corrected chi connectivity index (χ3v) is 4.21. The van der Waals surface area contributed by atoms with E-state index in [0.717, 1.165) is 19.3 Å². The Labute approximate surface area is 141 Å². The van der Waals surface area contributed by atoms with Crippen LogP contribution in [0.5, 0.6) is 5.75 Å². The van der Waals surface area contributed by atoms with Crippen LogP contribution < -0.4 is 10.1 Å². The quantitative estimate of drug-likeness (QED) is 0.610. The first-order valence-electron chi connectivity index (χ1n) is 8.22. The van der Waals surface area contributed by atoms with E-state index < -0.39 is 5.97 Å². The summed E-state index contributed by atoms with van der Waals surface area (Å²) in [6, 6.07) is 6.74. The molecule has 1 aromatic rings. The van der Waals surface area contributed by atoms with Gasteiger partial charge in [-0.05, 0) is 30.9 Å². The Kier molecular flexibility index (Phi) is 6.78. The predicted octanol–water partition coefficient (Wildman–Crippen LogP) is 2.12. The lowest BCUT2D eigenvalue weighted by molar-refractivity contribution is -0.150. The Morgan fingerprint density at radius 2 is 1.96 bits per heavy atom. The molecule has 1 aromatic carbocycles. The standard InChI is InChI=1S/C18H23NO5/c1-13-6-2-4-8-15(13)19-17(21)11-24-18(22)12-23-16-9-5-3-7-14(16)10-20/h3,5,7,9-10,13,15H,2,4,6,8,11-12H2,1H3,(H,19,21)/t13-,15-/m0/s1. The van der Waals surface area contributed by atoms with Crippen LogP contribution in [0.4, 0.5) is 0 Å². The van der Waals surface area contributed by atoms with Gasteiger partial charge in [-0.3, -0.25) is 9.59 Å². The monoisotopic (exact) mass is 333 g/mol.